The number of rotatable bonds is 8. The van der Waals surface area contributed by atoms with E-state index in [1.165, 1.54) is 10.5 Å². The summed E-state index contributed by atoms with van der Waals surface area (Å²) in [5, 5.41) is 15.1. The second-order valence-corrected chi connectivity index (χ2v) is 7.13. The van der Waals surface area contributed by atoms with Crippen molar-refractivity contribution < 1.29 is 5.32 Å². The summed E-state index contributed by atoms with van der Waals surface area (Å²) in [7, 11) is 0. The van der Waals surface area contributed by atoms with E-state index < -0.39 is 0 Å². The van der Waals surface area contributed by atoms with Crippen LogP contribution in [-0.2, 0) is 6.54 Å². The summed E-state index contributed by atoms with van der Waals surface area (Å²) < 4.78 is 1.78. The summed E-state index contributed by atoms with van der Waals surface area (Å²) >= 11 is 3.45. The van der Waals surface area contributed by atoms with Gasteiger partial charge in [0, 0.05) is 10.5 Å². The summed E-state index contributed by atoms with van der Waals surface area (Å²) in [4.78, 5) is 1.31. The van der Waals surface area contributed by atoms with Gasteiger partial charge < -0.3 is 5.32 Å². The fraction of sp³-hybridized carbons (Fsp3) is 0.235. The molecule has 0 aliphatic heterocycles. The highest BCUT2D eigenvalue weighted by atomic mass is 32.2. The minimum absolute atomic E-state index is 0.832. The van der Waals surface area contributed by atoms with E-state index >= 15 is 0 Å². The van der Waals surface area contributed by atoms with Crippen molar-refractivity contribution in [3.63, 3.8) is 0 Å². The first-order valence-electron chi connectivity index (χ1n) is 7.78. The van der Waals surface area contributed by atoms with Crippen LogP contribution in [0.5, 0.6) is 0 Å². The molecule has 3 rings (SSSR count). The highest BCUT2D eigenvalue weighted by Crippen LogP contribution is 2.17. The van der Waals surface area contributed by atoms with E-state index in [1.54, 1.807) is 28.2 Å². The fourth-order valence-corrected chi connectivity index (χ4v) is 3.50. The molecule has 124 valence electrons. The average Bonchev–Trinajstić information content (AvgIpc) is 3.11. The number of hydrogen-bond donors (Lipinski definition) is 1. The third-order valence-corrected chi connectivity index (χ3v) is 5.23. The predicted molar refractivity (Wildman–Crippen MR) is 98.6 cm³/mol. The van der Waals surface area contributed by atoms with Crippen molar-refractivity contribution in [2.45, 2.75) is 16.6 Å². The van der Waals surface area contributed by atoms with Crippen molar-refractivity contribution in [3.8, 4) is 5.69 Å². The van der Waals surface area contributed by atoms with Gasteiger partial charge in [-0.1, -0.05) is 42.1 Å². The van der Waals surface area contributed by atoms with Gasteiger partial charge in [-0.25, -0.2) is 0 Å². The number of para-hydroxylation sites is 1. The van der Waals surface area contributed by atoms with Crippen molar-refractivity contribution in [1.82, 2.24) is 20.2 Å². The first-order chi connectivity index (χ1) is 11.9. The lowest BCUT2D eigenvalue weighted by atomic mass is 10.2. The van der Waals surface area contributed by atoms with E-state index in [4.69, 9.17) is 0 Å². The second-order valence-electron chi connectivity index (χ2n) is 5.19. The third kappa shape index (κ3) is 4.59. The lowest BCUT2D eigenvalue weighted by Gasteiger charge is -2.04. The Morgan fingerprint density at radius 2 is 1.83 bits per heavy atom. The van der Waals surface area contributed by atoms with Crippen LogP contribution < -0.4 is 5.32 Å². The normalized spacial score (nSPS) is 10.9. The molecule has 7 heteroatoms. The zero-order valence-corrected chi connectivity index (χ0v) is 15.1. The number of benzene rings is 2. The Labute approximate surface area is 150 Å². The van der Waals surface area contributed by atoms with Crippen LogP contribution in [-0.4, -0.2) is 38.8 Å². The molecule has 0 saturated heterocycles. The Hall–Kier alpha value is -1.83. The van der Waals surface area contributed by atoms with Crippen LogP contribution in [0.25, 0.3) is 5.69 Å². The van der Waals surface area contributed by atoms with E-state index in [1.807, 2.05) is 30.3 Å². The molecule has 0 unspecified atom stereocenters. The summed E-state index contributed by atoms with van der Waals surface area (Å²) in [6.07, 6.45) is 2.10. The Morgan fingerprint density at radius 3 is 2.58 bits per heavy atom. The van der Waals surface area contributed by atoms with E-state index in [0.717, 1.165) is 29.7 Å². The molecule has 1 aromatic heterocycles. The predicted octanol–water partition coefficient (Wildman–Crippen LogP) is 2.24. The quantitative estimate of drug-likeness (QED) is 0.494. The van der Waals surface area contributed by atoms with Crippen LogP contribution in [0.4, 0.5) is 0 Å². The number of nitrogens with two attached hydrogens (primary N) is 1. The standard InChI is InChI=1S/C17H19N5S2/c1-23-16-9-7-14(8-10-16)13-18-11-12-24-17-19-20-21-22(17)15-5-3-2-4-6-15/h2-10,18H,11-13H2,1H3/p+1. The first-order valence-corrected chi connectivity index (χ1v) is 9.99. The molecule has 0 saturated carbocycles. The van der Waals surface area contributed by atoms with Gasteiger partial charge in [0.15, 0.2) is 0 Å². The molecular formula is C17H20N5S2+. The fourth-order valence-electron chi connectivity index (χ4n) is 2.26. The SMILES string of the molecule is CSc1ccc(C[NH2+]CCSc2nnnn2-c2ccccc2)cc1. The molecule has 3 aromatic rings. The molecule has 0 fully saturated rings. The molecule has 1 heterocycles. The average molecular weight is 359 g/mol. The highest BCUT2D eigenvalue weighted by molar-refractivity contribution is 7.99. The van der Waals surface area contributed by atoms with Gasteiger partial charge in [-0.05, 0) is 40.9 Å². The number of quaternary nitrogens is 1. The molecule has 2 N–H and O–H groups in total. The summed E-state index contributed by atoms with van der Waals surface area (Å²) in [5.41, 5.74) is 2.34. The monoisotopic (exact) mass is 358 g/mol. The summed E-state index contributed by atoms with van der Waals surface area (Å²) in [5.74, 6) is 0.968. The van der Waals surface area contributed by atoms with E-state index in [-0.39, 0.29) is 0 Å². The molecule has 0 spiro atoms. The molecule has 0 atom stereocenters. The number of hydrogen-bond acceptors (Lipinski definition) is 5. The third-order valence-electron chi connectivity index (χ3n) is 3.53. The maximum absolute atomic E-state index is 4.12. The van der Waals surface area contributed by atoms with Gasteiger partial charge in [0.2, 0.25) is 5.16 Å². The Morgan fingerprint density at radius 1 is 1.04 bits per heavy atom. The van der Waals surface area contributed by atoms with Crippen molar-refractivity contribution in [3.05, 3.63) is 60.2 Å². The largest absolute Gasteiger partial charge is 0.342 e. The van der Waals surface area contributed by atoms with Crippen LogP contribution in [0.15, 0.2) is 64.6 Å². The molecule has 0 aliphatic rings. The molecule has 2 aromatic carbocycles. The van der Waals surface area contributed by atoms with Gasteiger partial charge in [0.1, 0.15) is 6.54 Å². The van der Waals surface area contributed by atoms with Gasteiger partial charge in [-0.2, -0.15) is 4.68 Å². The Bertz CT molecular complexity index is 743. The Balaban J connectivity index is 1.45. The minimum Gasteiger partial charge on any atom is -0.342 e. The topological polar surface area (TPSA) is 60.2 Å². The van der Waals surface area contributed by atoms with Gasteiger partial charge >= 0.3 is 0 Å². The van der Waals surface area contributed by atoms with Crippen molar-refractivity contribution >= 4 is 23.5 Å². The zero-order valence-electron chi connectivity index (χ0n) is 13.5. The van der Waals surface area contributed by atoms with Gasteiger partial charge in [0.05, 0.1) is 18.0 Å². The number of tetrazole rings is 1. The molecule has 5 nitrogen and oxygen atoms in total. The molecule has 0 aliphatic carbocycles. The lowest BCUT2D eigenvalue weighted by Crippen LogP contribution is -2.83. The van der Waals surface area contributed by atoms with E-state index in [9.17, 15) is 0 Å². The number of aromatic nitrogens is 4. The lowest BCUT2D eigenvalue weighted by molar-refractivity contribution is -0.666. The van der Waals surface area contributed by atoms with Crippen LogP contribution >= 0.6 is 23.5 Å². The molecular weight excluding hydrogens is 338 g/mol. The van der Waals surface area contributed by atoms with Crippen molar-refractivity contribution in [2.75, 3.05) is 18.6 Å². The second kappa shape index (κ2) is 8.86. The van der Waals surface area contributed by atoms with Crippen LogP contribution in [0, 0.1) is 0 Å². The van der Waals surface area contributed by atoms with Crippen molar-refractivity contribution in [2.24, 2.45) is 0 Å². The summed E-state index contributed by atoms with van der Waals surface area (Å²) in [6.45, 7) is 2.02. The van der Waals surface area contributed by atoms with Gasteiger partial charge in [-0.15, -0.1) is 16.9 Å². The maximum Gasteiger partial charge on any atom is 0.214 e. The maximum atomic E-state index is 4.12. The van der Waals surface area contributed by atoms with Crippen LogP contribution in [0.3, 0.4) is 0 Å². The number of thioether (sulfide) groups is 2. The van der Waals surface area contributed by atoms with Gasteiger partial charge in [0.25, 0.3) is 0 Å². The Kier molecular flexibility index (Phi) is 6.28. The molecule has 0 bridgehead atoms. The van der Waals surface area contributed by atoms with E-state index in [0.29, 0.717) is 0 Å². The first kappa shape index (κ1) is 17.0. The van der Waals surface area contributed by atoms with Crippen LogP contribution in [0.1, 0.15) is 5.56 Å². The molecule has 24 heavy (non-hydrogen) atoms. The molecule has 0 radical (unpaired) electrons. The van der Waals surface area contributed by atoms with E-state index in [2.05, 4.69) is 51.4 Å². The minimum atomic E-state index is 0.832. The molecule has 0 amide bonds. The summed E-state index contributed by atoms with van der Waals surface area (Å²) in [6, 6.07) is 18.7. The number of nitrogens with zero attached hydrogens (tertiary/aromatic N) is 4. The van der Waals surface area contributed by atoms with Crippen molar-refractivity contribution in [1.29, 1.82) is 0 Å². The highest BCUT2D eigenvalue weighted by Gasteiger charge is 2.08. The van der Waals surface area contributed by atoms with Crippen LogP contribution in [0.2, 0.25) is 0 Å². The zero-order chi connectivity index (χ0) is 16.6. The smallest absolute Gasteiger partial charge is 0.214 e. The van der Waals surface area contributed by atoms with Gasteiger partial charge in [-0.3, -0.25) is 0 Å².